The Labute approximate surface area is 173 Å². The van der Waals surface area contributed by atoms with Crippen LogP contribution in [0.4, 0.5) is 11.4 Å². The lowest BCUT2D eigenvalue weighted by Gasteiger charge is -2.22. The number of amides is 1. The van der Waals surface area contributed by atoms with E-state index >= 15 is 0 Å². The van der Waals surface area contributed by atoms with Crippen molar-refractivity contribution in [2.45, 2.75) is 25.8 Å². The highest BCUT2D eigenvalue weighted by molar-refractivity contribution is 6.42. The van der Waals surface area contributed by atoms with E-state index in [9.17, 15) is 39.4 Å². The Hall–Kier alpha value is -4.21. The number of carbonyl (C=O) groups excluding carboxylic acids is 3. The van der Waals surface area contributed by atoms with Crippen molar-refractivity contribution in [2.24, 2.45) is 17.8 Å². The molecule has 0 radical (unpaired) electrons. The molecule has 0 aliphatic heterocycles. The lowest BCUT2D eigenvalue weighted by Crippen LogP contribution is -2.47. The Morgan fingerprint density at radius 1 is 1.32 bits per heavy atom. The SMILES string of the molecule is C[C@H]1CC(=O)[C@H](CC(=O)O)[C@@H]1[C@@H](C(=O)C(=O)Nc1c(C#N)cccc1[N+](=O)[O-])[N+](=O)[O-]. The lowest BCUT2D eigenvalue weighted by molar-refractivity contribution is -0.518. The number of carboxylic acids is 1. The summed E-state index contributed by atoms with van der Waals surface area (Å²) >= 11 is 0. The molecule has 162 valence electrons. The van der Waals surface area contributed by atoms with Gasteiger partial charge in [-0.2, -0.15) is 5.26 Å². The van der Waals surface area contributed by atoms with E-state index in [4.69, 9.17) is 10.4 Å². The van der Waals surface area contributed by atoms with Gasteiger partial charge in [0.25, 0.3) is 23.4 Å². The van der Waals surface area contributed by atoms with Crippen LogP contribution in [0.5, 0.6) is 0 Å². The van der Waals surface area contributed by atoms with Crippen LogP contribution < -0.4 is 5.32 Å². The first-order valence-electron chi connectivity index (χ1n) is 8.90. The molecule has 2 N–H and O–H groups in total. The Morgan fingerprint density at radius 3 is 2.48 bits per heavy atom. The first kappa shape index (κ1) is 23.1. The van der Waals surface area contributed by atoms with Gasteiger partial charge in [0.1, 0.15) is 17.5 Å². The number of hydrogen-bond donors (Lipinski definition) is 2. The molecule has 0 bridgehead atoms. The third-order valence-corrected chi connectivity index (χ3v) is 5.14. The number of nitrogens with one attached hydrogen (secondary N) is 1. The zero-order valence-electron chi connectivity index (χ0n) is 16.0. The first-order valence-corrected chi connectivity index (χ1v) is 8.90. The fourth-order valence-corrected chi connectivity index (χ4v) is 3.82. The minimum absolute atomic E-state index is 0.190. The number of carboxylic acid groups (broad SMARTS) is 1. The van der Waals surface area contributed by atoms with Gasteiger partial charge in [0.05, 0.1) is 16.9 Å². The molecule has 1 aliphatic rings. The van der Waals surface area contributed by atoms with E-state index in [0.717, 1.165) is 12.1 Å². The summed E-state index contributed by atoms with van der Waals surface area (Å²) in [5.41, 5.74) is -1.65. The molecule has 1 aromatic rings. The van der Waals surface area contributed by atoms with E-state index in [-0.39, 0.29) is 12.0 Å². The molecule has 0 spiro atoms. The molecule has 4 atom stereocenters. The highest BCUT2D eigenvalue weighted by Gasteiger charge is 2.54. The molecule has 1 fully saturated rings. The van der Waals surface area contributed by atoms with E-state index in [1.165, 1.54) is 13.0 Å². The highest BCUT2D eigenvalue weighted by atomic mass is 16.6. The van der Waals surface area contributed by atoms with Crippen molar-refractivity contribution in [1.82, 2.24) is 0 Å². The van der Waals surface area contributed by atoms with Crippen LogP contribution in [0, 0.1) is 49.3 Å². The van der Waals surface area contributed by atoms with Gasteiger partial charge in [0, 0.05) is 29.2 Å². The van der Waals surface area contributed by atoms with Gasteiger partial charge in [-0.05, 0) is 12.0 Å². The maximum absolute atomic E-state index is 12.7. The molecule has 0 aromatic heterocycles. The van der Waals surface area contributed by atoms with Crippen molar-refractivity contribution in [3.8, 4) is 6.07 Å². The van der Waals surface area contributed by atoms with E-state index in [1.54, 1.807) is 6.07 Å². The van der Waals surface area contributed by atoms with Crippen LogP contribution in [0.15, 0.2) is 18.2 Å². The molecule has 0 unspecified atom stereocenters. The molecule has 0 saturated heterocycles. The molecule has 1 amide bonds. The number of Topliss-reactive ketones (excluding diaryl/α,β-unsaturated/α-hetero) is 2. The highest BCUT2D eigenvalue weighted by Crippen LogP contribution is 2.40. The van der Waals surface area contributed by atoms with E-state index in [2.05, 4.69) is 0 Å². The number of nitro benzene ring substituents is 1. The number of aliphatic carboxylic acids is 1. The largest absolute Gasteiger partial charge is 0.481 e. The smallest absolute Gasteiger partial charge is 0.304 e. The molecule has 31 heavy (non-hydrogen) atoms. The summed E-state index contributed by atoms with van der Waals surface area (Å²) in [6.07, 6.45) is -0.930. The van der Waals surface area contributed by atoms with Crippen molar-refractivity contribution >= 4 is 34.8 Å². The van der Waals surface area contributed by atoms with Crippen LogP contribution >= 0.6 is 0 Å². The normalized spacial score (nSPS) is 21.0. The van der Waals surface area contributed by atoms with E-state index in [0.29, 0.717) is 0 Å². The summed E-state index contributed by atoms with van der Waals surface area (Å²) in [5, 5.41) is 42.9. The molecular formula is C18H16N4O9. The second-order valence-electron chi connectivity index (χ2n) is 7.05. The maximum Gasteiger partial charge on any atom is 0.304 e. The predicted molar refractivity (Wildman–Crippen MR) is 100 cm³/mol. The molecule has 1 aliphatic carbocycles. The minimum Gasteiger partial charge on any atom is -0.481 e. The Balaban J connectivity index is 2.41. The van der Waals surface area contributed by atoms with Gasteiger partial charge in [0.15, 0.2) is 0 Å². The molecule has 1 aromatic carbocycles. The molecular weight excluding hydrogens is 416 g/mol. The van der Waals surface area contributed by atoms with Crippen LogP contribution in [0.3, 0.4) is 0 Å². The second-order valence-corrected chi connectivity index (χ2v) is 7.05. The molecule has 2 rings (SSSR count). The topological polar surface area (TPSA) is 211 Å². The molecule has 13 nitrogen and oxygen atoms in total. The van der Waals surface area contributed by atoms with Gasteiger partial charge >= 0.3 is 5.97 Å². The number of rotatable bonds is 8. The summed E-state index contributed by atoms with van der Waals surface area (Å²) in [6.45, 7) is 1.43. The monoisotopic (exact) mass is 432 g/mol. The number of nitrogens with zero attached hydrogens (tertiary/aromatic N) is 3. The zero-order chi connectivity index (χ0) is 23.5. The van der Waals surface area contributed by atoms with E-state index < -0.39 is 74.9 Å². The minimum atomic E-state index is -2.24. The van der Waals surface area contributed by atoms with Gasteiger partial charge in [-0.3, -0.25) is 39.4 Å². The van der Waals surface area contributed by atoms with Gasteiger partial charge in [-0.25, -0.2) is 0 Å². The zero-order valence-corrected chi connectivity index (χ0v) is 16.0. The van der Waals surface area contributed by atoms with Crippen LogP contribution in [-0.2, 0) is 19.2 Å². The third kappa shape index (κ3) is 4.69. The fraction of sp³-hybridized carbons (Fsp3) is 0.389. The van der Waals surface area contributed by atoms with Crippen LogP contribution in [-0.4, -0.2) is 44.4 Å². The Bertz CT molecular complexity index is 1030. The van der Waals surface area contributed by atoms with Crippen molar-refractivity contribution in [2.75, 3.05) is 5.32 Å². The average Bonchev–Trinajstić information content (AvgIpc) is 2.94. The number of ketones is 2. The standard InChI is InChI=1S/C18H16N4O9/c1-8-5-12(23)10(6-13(24)25)14(8)16(22(30)31)17(26)18(27)20-15-9(7-19)3-2-4-11(15)21(28)29/h2-4,8,10,14,16H,5-6H2,1H3,(H,20,27)(H,24,25)/t8-,10-,14+,16-/m0/s1. The van der Waals surface area contributed by atoms with Gasteiger partial charge in [-0.1, -0.05) is 13.0 Å². The number of nitro groups is 2. The van der Waals surface area contributed by atoms with Crippen LogP contribution in [0.1, 0.15) is 25.3 Å². The van der Waals surface area contributed by atoms with Gasteiger partial charge < -0.3 is 10.4 Å². The van der Waals surface area contributed by atoms with Gasteiger partial charge in [0.2, 0.25) is 0 Å². The number of carbonyl (C=O) groups is 4. The van der Waals surface area contributed by atoms with Crippen LogP contribution in [0.25, 0.3) is 0 Å². The van der Waals surface area contributed by atoms with Crippen molar-refractivity contribution < 1.29 is 34.1 Å². The summed E-state index contributed by atoms with van der Waals surface area (Å²) < 4.78 is 0. The molecule has 0 heterocycles. The average molecular weight is 432 g/mol. The van der Waals surface area contributed by atoms with Crippen molar-refractivity contribution in [3.05, 3.63) is 44.0 Å². The van der Waals surface area contributed by atoms with Crippen molar-refractivity contribution in [3.63, 3.8) is 0 Å². The maximum atomic E-state index is 12.7. The third-order valence-electron chi connectivity index (χ3n) is 5.14. The number of anilines is 1. The number of hydrogen-bond acceptors (Lipinski definition) is 9. The Morgan fingerprint density at radius 2 is 1.97 bits per heavy atom. The quantitative estimate of drug-likeness (QED) is 0.337. The first-order chi connectivity index (χ1) is 14.5. The predicted octanol–water partition coefficient (Wildman–Crippen LogP) is 0.935. The number of para-hydroxylation sites is 1. The Kier molecular flexibility index (Phi) is 6.75. The number of benzene rings is 1. The summed E-state index contributed by atoms with van der Waals surface area (Å²) in [7, 11) is 0. The summed E-state index contributed by atoms with van der Waals surface area (Å²) in [6, 6.07) is 2.65. The van der Waals surface area contributed by atoms with Crippen LogP contribution in [0.2, 0.25) is 0 Å². The molecule has 1 saturated carbocycles. The van der Waals surface area contributed by atoms with Gasteiger partial charge in [-0.15, -0.1) is 0 Å². The summed E-state index contributed by atoms with van der Waals surface area (Å²) in [4.78, 5) is 69.2. The van der Waals surface area contributed by atoms with Crippen molar-refractivity contribution in [1.29, 1.82) is 5.26 Å². The number of nitriles is 1. The van der Waals surface area contributed by atoms with E-state index in [1.807, 2.05) is 5.32 Å². The fourth-order valence-electron chi connectivity index (χ4n) is 3.82. The lowest BCUT2D eigenvalue weighted by atomic mass is 9.80. The summed E-state index contributed by atoms with van der Waals surface area (Å²) in [5.74, 6) is -8.58. The molecule has 13 heteroatoms. The second kappa shape index (κ2) is 9.08.